The summed E-state index contributed by atoms with van der Waals surface area (Å²) in [6.45, 7) is 7.54. The third-order valence-electron chi connectivity index (χ3n) is 3.72. The molecule has 2 amide bonds. The fraction of sp³-hybridized carbons (Fsp3) is 0.867. The van der Waals surface area contributed by atoms with Gasteiger partial charge in [0, 0.05) is 25.7 Å². The maximum absolute atomic E-state index is 12.2. The van der Waals surface area contributed by atoms with Gasteiger partial charge in [0.1, 0.15) is 0 Å². The number of carbonyl (C=O) groups is 2. The van der Waals surface area contributed by atoms with E-state index in [1.807, 2.05) is 20.8 Å². The van der Waals surface area contributed by atoms with Crippen LogP contribution in [0.2, 0.25) is 0 Å². The number of carboxylic acid groups (broad SMARTS) is 1. The number of hydrogen-bond donors (Lipinski definition) is 3. The van der Waals surface area contributed by atoms with Crippen LogP contribution in [0, 0.1) is 11.3 Å². The third kappa shape index (κ3) is 6.80. The highest BCUT2D eigenvalue weighted by Crippen LogP contribution is 2.23. The standard InChI is InChI=1S/C15H28N2O4/c1-15(2,3)9-12(8-13(19)20)16-14(21)17-6-4-11(10-17)5-7-18/h11-12,18H,4-10H2,1-3H3,(H,16,21)(H,19,20). The van der Waals surface area contributed by atoms with Crippen molar-refractivity contribution in [2.45, 2.75) is 52.5 Å². The molecule has 1 aliphatic heterocycles. The number of aliphatic hydroxyl groups is 1. The number of likely N-dealkylation sites (tertiary alicyclic amines) is 1. The zero-order chi connectivity index (χ0) is 16.0. The van der Waals surface area contributed by atoms with Crippen molar-refractivity contribution >= 4 is 12.0 Å². The fourth-order valence-corrected chi connectivity index (χ4v) is 2.83. The number of carbonyl (C=O) groups excluding carboxylic acids is 1. The van der Waals surface area contributed by atoms with Crippen LogP contribution in [-0.2, 0) is 4.79 Å². The number of rotatable bonds is 6. The first kappa shape index (κ1) is 17.8. The van der Waals surface area contributed by atoms with Crippen molar-refractivity contribution in [2.75, 3.05) is 19.7 Å². The molecule has 1 aliphatic rings. The van der Waals surface area contributed by atoms with Gasteiger partial charge in [-0.2, -0.15) is 0 Å². The Bertz CT molecular complexity index is 365. The van der Waals surface area contributed by atoms with Crippen molar-refractivity contribution < 1.29 is 19.8 Å². The van der Waals surface area contributed by atoms with Gasteiger partial charge in [0.25, 0.3) is 0 Å². The Morgan fingerprint density at radius 3 is 2.57 bits per heavy atom. The zero-order valence-electron chi connectivity index (χ0n) is 13.3. The van der Waals surface area contributed by atoms with Gasteiger partial charge < -0.3 is 20.4 Å². The second kappa shape index (κ2) is 7.64. The summed E-state index contributed by atoms with van der Waals surface area (Å²) in [6, 6.07) is -0.544. The minimum Gasteiger partial charge on any atom is -0.481 e. The predicted octanol–water partition coefficient (Wildman–Crippen LogP) is 1.68. The molecule has 0 aliphatic carbocycles. The van der Waals surface area contributed by atoms with E-state index < -0.39 is 5.97 Å². The van der Waals surface area contributed by atoms with Crippen molar-refractivity contribution in [3.05, 3.63) is 0 Å². The number of hydrogen-bond acceptors (Lipinski definition) is 3. The summed E-state index contributed by atoms with van der Waals surface area (Å²) in [5.41, 5.74) is -0.0438. The first-order chi connectivity index (χ1) is 9.71. The minimum atomic E-state index is -0.899. The van der Waals surface area contributed by atoms with Crippen LogP contribution in [0.1, 0.15) is 46.5 Å². The van der Waals surface area contributed by atoms with Crippen molar-refractivity contribution in [1.82, 2.24) is 10.2 Å². The van der Waals surface area contributed by atoms with Crippen LogP contribution in [0.15, 0.2) is 0 Å². The number of aliphatic hydroxyl groups excluding tert-OH is 1. The molecule has 0 aromatic heterocycles. The highest BCUT2D eigenvalue weighted by atomic mass is 16.4. The maximum atomic E-state index is 12.2. The van der Waals surface area contributed by atoms with Gasteiger partial charge in [-0.15, -0.1) is 0 Å². The Balaban J connectivity index is 2.53. The molecule has 2 atom stereocenters. The minimum absolute atomic E-state index is 0.0438. The largest absolute Gasteiger partial charge is 0.481 e. The number of nitrogens with one attached hydrogen (secondary N) is 1. The molecule has 0 aromatic carbocycles. The molecule has 1 heterocycles. The van der Waals surface area contributed by atoms with Gasteiger partial charge in [-0.05, 0) is 30.6 Å². The van der Waals surface area contributed by atoms with E-state index in [0.29, 0.717) is 31.8 Å². The first-order valence-corrected chi connectivity index (χ1v) is 7.59. The topological polar surface area (TPSA) is 89.9 Å². The summed E-state index contributed by atoms with van der Waals surface area (Å²) in [7, 11) is 0. The van der Waals surface area contributed by atoms with Gasteiger partial charge in [0.05, 0.1) is 6.42 Å². The molecular weight excluding hydrogens is 272 g/mol. The number of urea groups is 1. The Hall–Kier alpha value is -1.30. The summed E-state index contributed by atoms with van der Waals surface area (Å²) in [4.78, 5) is 24.9. The molecule has 1 fully saturated rings. The highest BCUT2D eigenvalue weighted by molar-refractivity contribution is 5.76. The van der Waals surface area contributed by atoms with E-state index in [1.54, 1.807) is 4.90 Å². The van der Waals surface area contributed by atoms with Gasteiger partial charge in [0.2, 0.25) is 0 Å². The lowest BCUT2D eigenvalue weighted by atomic mass is 9.87. The van der Waals surface area contributed by atoms with E-state index in [2.05, 4.69) is 5.32 Å². The van der Waals surface area contributed by atoms with E-state index in [-0.39, 0.29) is 30.5 Å². The zero-order valence-corrected chi connectivity index (χ0v) is 13.3. The number of nitrogens with zero attached hydrogens (tertiary/aromatic N) is 1. The van der Waals surface area contributed by atoms with Crippen LogP contribution < -0.4 is 5.32 Å². The third-order valence-corrected chi connectivity index (χ3v) is 3.72. The smallest absolute Gasteiger partial charge is 0.317 e. The van der Waals surface area contributed by atoms with E-state index >= 15 is 0 Å². The van der Waals surface area contributed by atoms with Crippen LogP contribution >= 0.6 is 0 Å². The lowest BCUT2D eigenvalue weighted by Gasteiger charge is -2.28. The highest BCUT2D eigenvalue weighted by Gasteiger charge is 2.29. The molecule has 0 bridgehead atoms. The monoisotopic (exact) mass is 300 g/mol. The fourth-order valence-electron chi connectivity index (χ4n) is 2.83. The Kier molecular flexibility index (Phi) is 6.45. The molecule has 2 unspecified atom stereocenters. The van der Waals surface area contributed by atoms with Crippen LogP contribution in [0.4, 0.5) is 4.79 Å². The van der Waals surface area contributed by atoms with Crippen LogP contribution in [0.5, 0.6) is 0 Å². The molecule has 0 saturated carbocycles. The predicted molar refractivity (Wildman–Crippen MR) is 80.0 cm³/mol. The maximum Gasteiger partial charge on any atom is 0.317 e. The van der Waals surface area contributed by atoms with Gasteiger partial charge in [-0.1, -0.05) is 20.8 Å². The van der Waals surface area contributed by atoms with Crippen LogP contribution in [-0.4, -0.2) is 52.9 Å². The molecule has 0 aromatic rings. The summed E-state index contributed by atoms with van der Waals surface area (Å²) < 4.78 is 0. The number of carboxylic acids is 1. The van der Waals surface area contributed by atoms with Crippen molar-refractivity contribution in [3.8, 4) is 0 Å². The molecule has 0 radical (unpaired) electrons. The summed E-state index contributed by atoms with van der Waals surface area (Å²) in [5.74, 6) is -0.551. The van der Waals surface area contributed by atoms with E-state index in [4.69, 9.17) is 10.2 Å². The first-order valence-electron chi connectivity index (χ1n) is 7.59. The van der Waals surface area contributed by atoms with Crippen molar-refractivity contribution in [2.24, 2.45) is 11.3 Å². The van der Waals surface area contributed by atoms with E-state index in [9.17, 15) is 9.59 Å². The second-order valence-electron chi connectivity index (χ2n) is 7.12. The van der Waals surface area contributed by atoms with Gasteiger partial charge in [-0.3, -0.25) is 4.79 Å². The average molecular weight is 300 g/mol. The second-order valence-corrected chi connectivity index (χ2v) is 7.12. The van der Waals surface area contributed by atoms with E-state index in [1.165, 1.54) is 0 Å². The van der Waals surface area contributed by atoms with Crippen molar-refractivity contribution in [1.29, 1.82) is 0 Å². The van der Waals surface area contributed by atoms with Gasteiger partial charge in [0.15, 0.2) is 0 Å². The number of amides is 2. The number of aliphatic carboxylic acids is 1. The molecule has 1 rings (SSSR count). The molecule has 122 valence electrons. The van der Waals surface area contributed by atoms with Crippen molar-refractivity contribution in [3.63, 3.8) is 0 Å². The molecule has 3 N–H and O–H groups in total. The molecule has 6 nitrogen and oxygen atoms in total. The van der Waals surface area contributed by atoms with Crippen LogP contribution in [0.25, 0.3) is 0 Å². The summed E-state index contributed by atoms with van der Waals surface area (Å²) >= 11 is 0. The summed E-state index contributed by atoms with van der Waals surface area (Å²) in [6.07, 6.45) is 2.18. The lowest BCUT2D eigenvalue weighted by Crippen LogP contribution is -2.46. The Morgan fingerprint density at radius 1 is 1.38 bits per heavy atom. The summed E-state index contributed by atoms with van der Waals surface area (Å²) in [5, 5.41) is 20.8. The van der Waals surface area contributed by atoms with Crippen LogP contribution in [0.3, 0.4) is 0 Å². The average Bonchev–Trinajstić information content (AvgIpc) is 2.74. The van der Waals surface area contributed by atoms with Gasteiger partial charge >= 0.3 is 12.0 Å². The molecule has 6 heteroatoms. The Morgan fingerprint density at radius 2 is 2.05 bits per heavy atom. The molecule has 1 saturated heterocycles. The molecule has 0 spiro atoms. The lowest BCUT2D eigenvalue weighted by molar-refractivity contribution is -0.137. The quantitative estimate of drug-likeness (QED) is 0.696. The molecule has 21 heavy (non-hydrogen) atoms. The Labute approximate surface area is 126 Å². The SMILES string of the molecule is CC(C)(C)CC(CC(=O)O)NC(=O)N1CCC(CCO)C1. The molecular formula is C15H28N2O4. The normalized spacial score (nSPS) is 20.4. The van der Waals surface area contributed by atoms with Gasteiger partial charge in [-0.25, -0.2) is 4.79 Å². The van der Waals surface area contributed by atoms with E-state index in [0.717, 1.165) is 6.42 Å².